The molecule has 1 aromatic rings. The third-order valence-electron chi connectivity index (χ3n) is 0.733. The van der Waals surface area contributed by atoms with Crippen molar-refractivity contribution in [3.63, 3.8) is 0 Å². The number of nitrogens with one attached hydrogen (secondary N) is 1. The molecule has 44 valence electrons. The minimum Gasteiger partial charge on any atom is -1.00 e. The summed E-state index contributed by atoms with van der Waals surface area (Å²) < 4.78 is 0.664. The molecule has 4 heteroatoms. The number of hydrogen-bond donors (Lipinski definition) is 1. The van der Waals surface area contributed by atoms with Crippen LogP contribution in [0.1, 0.15) is 1.43 Å². The van der Waals surface area contributed by atoms with E-state index in [1.165, 1.54) is 0 Å². The molecule has 0 saturated carbocycles. The Morgan fingerprint density at radius 3 is 2.56 bits per heavy atom. The van der Waals surface area contributed by atoms with Crippen LogP contribution < -0.4 is 29.6 Å². The molecular weight excluding hydrogens is 165 g/mol. The number of halogens is 1. The molecule has 1 heterocycles. The minimum atomic E-state index is 0. The van der Waals surface area contributed by atoms with Crippen LogP contribution in [-0.4, -0.2) is 4.98 Å². The predicted molar refractivity (Wildman–Crippen MR) is 37.7 cm³/mol. The van der Waals surface area contributed by atoms with Crippen molar-refractivity contribution in [2.75, 3.05) is 0 Å². The van der Waals surface area contributed by atoms with Crippen molar-refractivity contribution < 1.29 is 31.0 Å². The van der Waals surface area contributed by atoms with Crippen LogP contribution in [0, 0.1) is 4.64 Å². The van der Waals surface area contributed by atoms with Gasteiger partial charge in [0.2, 0.25) is 0 Å². The molecule has 1 aromatic heterocycles. The molecule has 0 spiro atoms. The van der Waals surface area contributed by atoms with Gasteiger partial charge in [0.15, 0.2) is 0 Å². The van der Waals surface area contributed by atoms with Gasteiger partial charge in [0.1, 0.15) is 9.79 Å². The van der Waals surface area contributed by atoms with Crippen molar-refractivity contribution in [3.05, 3.63) is 28.0 Å². The van der Waals surface area contributed by atoms with Gasteiger partial charge in [0.05, 0.1) is 0 Å². The Balaban J connectivity index is 0. The maximum absolute atomic E-state index is 5.52. The Labute approximate surface area is 87.2 Å². The SMILES string of the molecule is S=c1cccc(Cl)[nH]1.[H-].[Na+]. The second-order valence-electron chi connectivity index (χ2n) is 1.36. The molecule has 0 atom stereocenters. The number of hydrogen-bond acceptors (Lipinski definition) is 1. The summed E-state index contributed by atoms with van der Waals surface area (Å²) >= 11 is 10.3. The van der Waals surface area contributed by atoms with Gasteiger partial charge in [-0.15, -0.1) is 0 Å². The van der Waals surface area contributed by atoms with Crippen molar-refractivity contribution >= 4 is 23.8 Å². The average molecular weight is 170 g/mol. The molecule has 0 aliphatic heterocycles. The normalized spacial score (nSPS) is 8.11. The smallest absolute Gasteiger partial charge is 1.00 e. The molecule has 1 N–H and O–H groups in total. The Bertz CT molecular complexity index is 239. The second kappa shape index (κ2) is 4.47. The molecule has 0 aliphatic rings. The summed E-state index contributed by atoms with van der Waals surface area (Å²) in [5, 5.41) is 0.581. The van der Waals surface area contributed by atoms with Crippen molar-refractivity contribution in [1.29, 1.82) is 0 Å². The minimum absolute atomic E-state index is 0. The molecule has 1 rings (SSSR count). The molecule has 0 aromatic carbocycles. The van der Waals surface area contributed by atoms with Crippen LogP contribution in [0.15, 0.2) is 18.2 Å². The number of aromatic amines is 1. The van der Waals surface area contributed by atoms with Crippen LogP contribution in [0.25, 0.3) is 0 Å². The molecule has 0 fully saturated rings. The third-order valence-corrected chi connectivity index (χ3v) is 1.19. The van der Waals surface area contributed by atoms with Gasteiger partial charge >= 0.3 is 29.6 Å². The summed E-state index contributed by atoms with van der Waals surface area (Å²) in [4.78, 5) is 2.75. The second-order valence-corrected chi connectivity index (χ2v) is 2.21. The summed E-state index contributed by atoms with van der Waals surface area (Å²) in [7, 11) is 0. The molecule has 9 heavy (non-hydrogen) atoms. The van der Waals surface area contributed by atoms with E-state index >= 15 is 0 Å². The Hall–Kier alpha value is 0.660. The van der Waals surface area contributed by atoms with Gasteiger partial charge in [-0.1, -0.05) is 29.9 Å². The molecule has 0 saturated heterocycles. The first-order valence-corrected chi connectivity index (χ1v) is 2.92. The number of pyridine rings is 1. The zero-order chi connectivity index (χ0) is 5.98. The van der Waals surface area contributed by atoms with E-state index in [-0.39, 0.29) is 31.0 Å². The van der Waals surface area contributed by atoms with Crippen molar-refractivity contribution in [2.24, 2.45) is 0 Å². The van der Waals surface area contributed by atoms with Gasteiger partial charge in [-0.05, 0) is 12.1 Å². The fourth-order valence-corrected chi connectivity index (χ4v) is 0.840. The van der Waals surface area contributed by atoms with Crippen molar-refractivity contribution in [1.82, 2.24) is 4.98 Å². The first-order valence-electron chi connectivity index (χ1n) is 2.14. The van der Waals surface area contributed by atoms with Crippen LogP contribution in [0.2, 0.25) is 5.15 Å². The Morgan fingerprint density at radius 1 is 1.56 bits per heavy atom. The van der Waals surface area contributed by atoms with Crippen molar-refractivity contribution in [3.8, 4) is 0 Å². The van der Waals surface area contributed by atoms with Gasteiger partial charge in [-0.2, -0.15) is 0 Å². The monoisotopic (exact) mass is 169 g/mol. The van der Waals surface area contributed by atoms with E-state index in [1.54, 1.807) is 18.2 Å². The molecule has 0 amide bonds. The van der Waals surface area contributed by atoms with Crippen LogP contribution >= 0.6 is 23.8 Å². The van der Waals surface area contributed by atoms with Crippen LogP contribution in [0.4, 0.5) is 0 Å². The molecule has 0 unspecified atom stereocenters. The quantitative estimate of drug-likeness (QED) is 0.315. The molecule has 0 bridgehead atoms. The summed E-state index contributed by atoms with van der Waals surface area (Å²) in [6, 6.07) is 5.33. The Morgan fingerprint density at radius 2 is 2.22 bits per heavy atom. The van der Waals surface area contributed by atoms with Gasteiger partial charge in [0, 0.05) is 0 Å². The topological polar surface area (TPSA) is 15.8 Å². The van der Waals surface area contributed by atoms with E-state index in [4.69, 9.17) is 23.8 Å². The van der Waals surface area contributed by atoms with Gasteiger partial charge in [-0.3, -0.25) is 0 Å². The van der Waals surface area contributed by atoms with E-state index in [2.05, 4.69) is 4.98 Å². The largest absolute Gasteiger partial charge is 1.00 e. The zero-order valence-electron chi connectivity index (χ0n) is 6.02. The standard InChI is InChI=1S/C5H4ClNS.Na.H/c6-4-2-1-3-5(8)7-4;;/h1-3H,(H,7,8);;/q;+1;-1. The molecule has 0 radical (unpaired) electrons. The maximum atomic E-state index is 5.52. The third kappa shape index (κ3) is 3.38. The maximum Gasteiger partial charge on any atom is 1.00 e. The van der Waals surface area contributed by atoms with E-state index in [9.17, 15) is 0 Å². The van der Waals surface area contributed by atoms with E-state index in [0.717, 1.165) is 0 Å². The summed E-state index contributed by atoms with van der Waals surface area (Å²) in [6.45, 7) is 0. The first kappa shape index (κ1) is 9.66. The summed E-state index contributed by atoms with van der Waals surface area (Å²) in [5.41, 5.74) is 0. The Kier molecular flexibility index (Phi) is 4.80. The summed E-state index contributed by atoms with van der Waals surface area (Å²) in [6.07, 6.45) is 0. The average Bonchev–Trinajstić information content (AvgIpc) is 1.64. The number of aromatic nitrogens is 1. The molecular formula is C5H5ClNNaS. The van der Waals surface area contributed by atoms with Crippen LogP contribution in [0.5, 0.6) is 0 Å². The van der Waals surface area contributed by atoms with Crippen LogP contribution in [0.3, 0.4) is 0 Å². The van der Waals surface area contributed by atoms with Gasteiger partial charge in [-0.25, -0.2) is 0 Å². The van der Waals surface area contributed by atoms with E-state index in [1.807, 2.05) is 0 Å². The number of H-pyrrole nitrogens is 1. The summed E-state index contributed by atoms with van der Waals surface area (Å²) in [5.74, 6) is 0. The fourth-order valence-electron chi connectivity index (χ4n) is 0.421. The van der Waals surface area contributed by atoms with E-state index < -0.39 is 0 Å². The predicted octanol–water partition coefficient (Wildman–Crippen LogP) is -0.486. The van der Waals surface area contributed by atoms with Crippen molar-refractivity contribution in [2.45, 2.75) is 0 Å². The first-order chi connectivity index (χ1) is 3.79. The number of rotatable bonds is 0. The van der Waals surface area contributed by atoms with Crippen LogP contribution in [-0.2, 0) is 0 Å². The molecule has 0 aliphatic carbocycles. The van der Waals surface area contributed by atoms with Gasteiger partial charge in [0.25, 0.3) is 0 Å². The zero-order valence-corrected chi connectivity index (χ0v) is 8.59. The molecule has 1 nitrogen and oxygen atoms in total. The van der Waals surface area contributed by atoms with Gasteiger partial charge < -0.3 is 6.41 Å². The van der Waals surface area contributed by atoms with E-state index in [0.29, 0.717) is 9.79 Å². The fraction of sp³-hybridized carbons (Fsp3) is 0.